The van der Waals surface area contributed by atoms with Crippen molar-refractivity contribution in [1.29, 1.82) is 0 Å². The fourth-order valence-corrected chi connectivity index (χ4v) is 5.74. The molecule has 25 heavy (non-hydrogen) atoms. The molecular weight excluding hydrogens is 336 g/mol. The van der Waals surface area contributed by atoms with Gasteiger partial charge in [-0.05, 0) is 45.6 Å². The third-order valence-electron chi connectivity index (χ3n) is 6.01. The van der Waals surface area contributed by atoms with Gasteiger partial charge < -0.3 is 10.2 Å². The van der Waals surface area contributed by atoms with E-state index >= 15 is 0 Å². The molecule has 3 rings (SSSR count). The summed E-state index contributed by atoms with van der Waals surface area (Å²) in [5.74, 6) is 0.307. The summed E-state index contributed by atoms with van der Waals surface area (Å²) in [6, 6.07) is 9.72. The van der Waals surface area contributed by atoms with E-state index in [0.717, 1.165) is 6.42 Å². The van der Waals surface area contributed by atoms with Gasteiger partial charge >= 0.3 is 6.03 Å². The van der Waals surface area contributed by atoms with Gasteiger partial charge in [-0.2, -0.15) is 0 Å². The number of likely N-dealkylation sites (tertiary alicyclic amines) is 1. The van der Waals surface area contributed by atoms with E-state index in [1.54, 1.807) is 0 Å². The molecule has 1 aliphatic heterocycles. The first-order valence-corrected chi connectivity index (χ1v) is 10.8. The first-order chi connectivity index (χ1) is 11.6. The van der Waals surface area contributed by atoms with E-state index in [0.29, 0.717) is 25.3 Å². The third kappa shape index (κ3) is 3.28. The molecule has 5 nitrogen and oxygen atoms in total. The van der Waals surface area contributed by atoms with E-state index in [4.69, 9.17) is 0 Å². The molecule has 2 aliphatic rings. The molecule has 2 fully saturated rings. The van der Waals surface area contributed by atoms with Crippen LogP contribution in [0, 0.1) is 0 Å². The summed E-state index contributed by atoms with van der Waals surface area (Å²) in [4.78, 5) is 14.7. The average Bonchev–Trinajstić information content (AvgIpc) is 3.28. The number of carbonyl (C=O) groups is 1. The summed E-state index contributed by atoms with van der Waals surface area (Å²) in [6.07, 6.45) is 3.43. The lowest BCUT2D eigenvalue weighted by atomic mass is 9.91. The Labute approximate surface area is 150 Å². The van der Waals surface area contributed by atoms with Gasteiger partial charge in [0, 0.05) is 30.3 Å². The van der Waals surface area contributed by atoms with Gasteiger partial charge in [0.25, 0.3) is 0 Å². The molecule has 1 saturated carbocycles. The summed E-state index contributed by atoms with van der Waals surface area (Å²) in [7, 11) is -3.18. The molecule has 2 amide bonds. The third-order valence-corrected chi connectivity index (χ3v) is 8.24. The van der Waals surface area contributed by atoms with Gasteiger partial charge in [-0.25, -0.2) is 13.2 Å². The molecule has 1 heterocycles. The minimum absolute atomic E-state index is 0.161. The van der Waals surface area contributed by atoms with E-state index in [1.807, 2.05) is 30.0 Å². The SMILES string of the molecule is CC(NC(=O)N1CC(c2ccccc2)CC1(C)C)C1(S(C)(=O)=O)CC1. The van der Waals surface area contributed by atoms with Crippen LogP contribution in [-0.4, -0.2) is 48.5 Å². The zero-order chi connectivity index (χ0) is 18.5. The molecule has 1 aromatic carbocycles. The standard InChI is InChI=1S/C19H28N2O3S/c1-14(19(10-11-19)25(4,23)24)20-17(22)21-13-16(12-18(21,2)3)15-8-6-5-7-9-15/h5-9,14,16H,10-13H2,1-4H3,(H,20,22). The van der Waals surface area contributed by atoms with Crippen LogP contribution >= 0.6 is 0 Å². The maximum absolute atomic E-state index is 12.9. The van der Waals surface area contributed by atoms with Gasteiger partial charge in [0.05, 0.1) is 4.75 Å². The predicted molar refractivity (Wildman–Crippen MR) is 99.4 cm³/mol. The zero-order valence-corrected chi connectivity index (χ0v) is 16.3. The maximum Gasteiger partial charge on any atom is 0.318 e. The van der Waals surface area contributed by atoms with Crippen LogP contribution in [0.25, 0.3) is 0 Å². The zero-order valence-electron chi connectivity index (χ0n) is 15.5. The van der Waals surface area contributed by atoms with Crippen molar-refractivity contribution in [3.63, 3.8) is 0 Å². The number of carbonyl (C=O) groups excluding carboxylic acids is 1. The van der Waals surface area contributed by atoms with E-state index in [1.165, 1.54) is 11.8 Å². The Morgan fingerprint density at radius 2 is 1.84 bits per heavy atom. The number of benzene rings is 1. The van der Waals surface area contributed by atoms with Crippen molar-refractivity contribution in [2.75, 3.05) is 12.8 Å². The Bertz CT molecular complexity index is 754. The molecule has 0 bridgehead atoms. The smallest absolute Gasteiger partial charge is 0.318 e. The molecule has 0 aromatic heterocycles. The van der Waals surface area contributed by atoms with E-state index in [9.17, 15) is 13.2 Å². The second-order valence-electron chi connectivity index (χ2n) is 8.24. The van der Waals surface area contributed by atoms with Crippen LogP contribution in [0.5, 0.6) is 0 Å². The highest BCUT2D eigenvalue weighted by molar-refractivity contribution is 7.92. The Morgan fingerprint density at radius 1 is 1.24 bits per heavy atom. The topological polar surface area (TPSA) is 66.5 Å². The largest absolute Gasteiger partial charge is 0.334 e. The Morgan fingerprint density at radius 3 is 2.36 bits per heavy atom. The molecule has 1 aliphatic carbocycles. The molecule has 138 valence electrons. The number of hydrogen-bond acceptors (Lipinski definition) is 3. The molecule has 0 spiro atoms. The molecule has 1 saturated heterocycles. The first-order valence-electron chi connectivity index (χ1n) is 8.89. The minimum atomic E-state index is -3.18. The van der Waals surface area contributed by atoms with E-state index in [-0.39, 0.29) is 17.6 Å². The molecule has 2 atom stereocenters. The van der Waals surface area contributed by atoms with Crippen LogP contribution in [0.15, 0.2) is 30.3 Å². The highest BCUT2D eigenvalue weighted by atomic mass is 32.2. The highest BCUT2D eigenvalue weighted by Gasteiger charge is 2.57. The van der Waals surface area contributed by atoms with Gasteiger partial charge in [-0.1, -0.05) is 30.3 Å². The van der Waals surface area contributed by atoms with Crippen molar-refractivity contribution in [2.45, 2.75) is 62.3 Å². The summed E-state index contributed by atoms with van der Waals surface area (Å²) >= 11 is 0. The average molecular weight is 365 g/mol. The van der Waals surface area contributed by atoms with Gasteiger partial charge in [0.15, 0.2) is 9.84 Å². The van der Waals surface area contributed by atoms with Crippen molar-refractivity contribution in [2.24, 2.45) is 0 Å². The molecule has 1 N–H and O–H groups in total. The lowest BCUT2D eigenvalue weighted by Crippen LogP contribution is -2.54. The minimum Gasteiger partial charge on any atom is -0.334 e. The van der Waals surface area contributed by atoms with Gasteiger partial charge in [-0.15, -0.1) is 0 Å². The normalized spacial score (nSPS) is 25.4. The molecular formula is C19H28N2O3S. The van der Waals surface area contributed by atoms with E-state index in [2.05, 4.69) is 31.3 Å². The molecule has 0 radical (unpaired) electrons. The van der Waals surface area contributed by atoms with Crippen molar-refractivity contribution >= 4 is 15.9 Å². The second-order valence-corrected chi connectivity index (χ2v) is 10.6. The molecule has 6 heteroatoms. The van der Waals surface area contributed by atoms with Gasteiger partial charge in [-0.3, -0.25) is 0 Å². The monoisotopic (exact) mass is 364 g/mol. The van der Waals surface area contributed by atoms with Crippen LogP contribution in [0.2, 0.25) is 0 Å². The van der Waals surface area contributed by atoms with Gasteiger partial charge in [0.1, 0.15) is 0 Å². The van der Waals surface area contributed by atoms with E-state index < -0.39 is 14.6 Å². The Hall–Kier alpha value is -1.56. The fraction of sp³-hybridized carbons (Fsp3) is 0.632. The number of amides is 2. The number of nitrogens with one attached hydrogen (secondary N) is 1. The number of nitrogens with zero attached hydrogens (tertiary/aromatic N) is 1. The lowest BCUT2D eigenvalue weighted by molar-refractivity contribution is 0.161. The summed E-state index contributed by atoms with van der Waals surface area (Å²) in [5.41, 5.74) is 0.986. The Balaban J connectivity index is 1.72. The van der Waals surface area contributed by atoms with Crippen LogP contribution in [0.3, 0.4) is 0 Å². The van der Waals surface area contributed by atoms with Crippen molar-refractivity contribution in [1.82, 2.24) is 10.2 Å². The van der Waals surface area contributed by atoms with Crippen LogP contribution in [0.4, 0.5) is 4.79 Å². The van der Waals surface area contributed by atoms with Crippen molar-refractivity contribution in [3.8, 4) is 0 Å². The lowest BCUT2D eigenvalue weighted by Gasteiger charge is -2.34. The van der Waals surface area contributed by atoms with Crippen LogP contribution < -0.4 is 5.32 Å². The summed E-state index contributed by atoms with van der Waals surface area (Å²) in [6.45, 7) is 6.61. The number of sulfone groups is 1. The number of rotatable bonds is 4. The molecule has 2 unspecified atom stereocenters. The molecule has 1 aromatic rings. The maximum atomic E-state index is 12.9. The van der Waals surface area contributed by atoms with Crippen LogP contribution in [-0.2, 0) is 9.84 Å². The van der Waals surface area contributed by atoms with Gasteiger partial charge in [0.2, 0.25) is 0 Å². The fourth-order valence-electron chi connectivity index (χ4n) is 4.19. The van der Waals surface area contributed by atoms with Crippen molar-refractivity contribution < 1.29 is 13.2 Å². The van der Waals surface area contributed by atoms with Crippen molar-refractivity contribution in [3.05, 3.63) is 35.9 Å². The number of urea groups is 1. The summed E-state index contributed by atoms with van der Waals surface area (Å²) in [5, 5.41) is 2.97. The second kappa shape index (κ2) is 6.01. The van der Waals surface area contributed by atoms with Crippen LogP contribution in [0.1, 0.15) is 51.5 Å². The Kier molecular flexibility index (Phi) is 4.38. The quantitative estimate of drug-likeness (QED) is 0.893. The number of hydrogen-bond donors (Lipinski definition) is 1. The predicted octanol–water partition coefficient (Wildman–Crippen LogP) is 2.93. The highest BCUT2D eigenvalue weighted by Crippen LogP contribution is 2.46. The first kappa shape index (κ1) is 18.2. The summed E-state index contributed by atoms with van der Waals surface area (Å²) < 4.78 is 23.3.